The van der Waals surface area contributed by atoms with Gasteiger partial charge in [-0.05, 0) is 70.4 Å². The van der Waals surface area contributed by atoms with Crippen molar-refractivity contribution in [3.63, 3.8) is 0 Å². The van der Waals surface area contributed by atoms with E-state index in [4.69, 9.17) is 4.74 Å². The number of rotatable bonds is 3. The smallest absolute Gasteiger partial charge is 0.119 e. The second kappa shape index (κ2) is 5.54. The minimum atomic E-state index is 0.253. The molecule has 2 heteroatoms. The third kappa shape index (κ3) is 3.47. The van der Waals surface area contributed by atoms with Gasteiger partial charge in [0.2, 0.25) is 0 Å². The molecule has 1 fully saturated rings. The normalized spacial score (nSPS) is 18.6. The van der Waals surface area contributed by atoms with Crippen molar-refractivity contribution in [1.82, 2.24) is 4.90 Å². The van der Waals surface area contributed by atoms with Crippen molar-refractivity contribution in [3.8, 4) is 5.75 Å². The quantitative estimate of drug-likeness (QED) is 0.794. The highest BCUT2D eigenvalue weighted by molar-refractivity contribution is 5.31. The Morgan fingerprint density at radius 1 is 1.24 bits per heavy atom. The second-order valence-electron chi connectivity index (χ2n) is 5.32. The van der Waals surface area contributed by atoms with Crippen molar-refractivity contribution in [3.05, 3.63) is 29.8 Å². The molecular weight excluding hydrogens is 210 g/mol. The molecule has 1 aliphatic rings. The number of hydrogen-bond acceptors (Lipinski definition) is 2. The Balaban J connectivity index is 2.05. The summed E-state index contributed by atoms with van der Waals surface area (Å²) in [5.41, 5.74) is 1.44. The van der Waals surface area contributed by atoms with Gasteiger partial charge in [-0.15, -0.1) is 0 Å². The van der Waals surface area contributed by atoms with Crippen molar-refractivity contribution in [2.75, 3.05) is 20.1 Å². The molecule has 1 heterocycles. The average molecular weight is 233 g/mol. The first-order valence-electron chi connectivity index (χ1n) is 6.60. The molecule has 0 saturated carbocycles. The molecule has 0 aliphatic carbocycles. The van der Waals surface area contributed by atoms with Crippen LogP contribution in [0, 0.1) is 0 Å². The van der Waals surface area contributed by atoms with Crippen LogP contribution in [0.15, 0.2) is 24.3 Å². The molecule has 0 radical (unpaired) electrons. The fourth-order valence-electron chi connectivity index (χ4n) is 2.46. The molecule has 0 spiro atoms. The van der Waals surface area contributed by atoms with E-state index in [0.29, 0.717) is 5.92 Å². The molecule has 1 saturated heterocycles. The van der Waals surface area contributed by atoms with Crippen molar-refractivity contribution in [2.24, 2.45) is 0 Å². The lowest BCUT2D eigenvalue weighted by molar-refractivity contribution is 0.240. The predicted molar refractivity (Wildman–Crippen MR) is 71.7 cm³/mol. The molecule has 0 atom stereocenters. The third-order valence-electron chi connectivity index (χ3n) is 3.42. The van der Waals surface area contributed by atoms with Crippen LogP contribution in [0.1, 0.15) is 38.2 Å². The summed E-state index contributed by atoms with van der Waals surface area (Å²) >= 11 is 0. The Morgan fingerprint density at radius 3 is 2.59 bits per heavy atom. The lowest BCUT2D eigenvalue weighted by atomic mass is 9.89. The zero-order valence-electron chi connectivity index (χ0n) is 11.1. The second-order valence-corrected chi connectivity index (χ2v) is 5.32. The zero-order valence-corrected chi connectivity index (χ0v) is 11.1. The number of piperidine rings is 1. The van der Waals surface area contributed by atoms with Crippen LogP contribution >= 0.6 is 0 Å². The van der Waals surface area contributed by atoms with E-state index in [-0.39, 0.29) is 6.10 Å². The van der Waals surface area contributed by atoms with Gasteiger partial charge in [0.1, 0.15) is 5.75 Å². The van der Waals surface area contributed by atoms with E-state index in [9.17, 15) is 0 Å². The first kappa shape index (κ1) is 12.4. The average Bonchev–Trinajstić information content (AvgIpc) is 2.29. The number of benzene rings is 1. The summed E-state index contributed by atoms with van der Waals surface area (Å²) in [7, 11) is 2.20. The van der Waals surface area contributed by atoms with Gasteiger partial charge in [0, 0.05) is 0 Å². The van der Waals surface area contributed by atoms with Gasteiger partial charge in [-0.25, -0.2) is 0 Å². The number of nitrogens with zero attached hydrogens (tertiary/aromatic N) is 1. The van der Waals surface area contributed by atoms with E-state index in [1.54, 1.807) is 0 Å². The summed E-state index contributed by atoms with van der Waals surface area (Å²) in [6.07, 6.45) is 2.78. The molecule has 1 aromatic rings. The number of ether oxygens (including phenoxy) is 1. The van der Waals surface area contributed by atoms with Gasteiger partial charge in [-0.1, -0.05) is 12.1 Å². The molecule has 0 bridgehead atoms. The molecule has 0 unspecified atom stereocenters. The molecule has 2 rings (SSSR count). The van der Waals surface area contributed by atoms with Crippen LogP contribution in [-0.2, 0) is 0 Å². The molecule has 0 aromatic heterocycles. The van der Waals surface area contributed by atoms with Gasteiger partial charge < -0.3 is 9.64 Å². The summed E-state index contributed by atoms with van der Waals surface area (Å²) in [6, 6.07) is 8.63. The molecule has 17 heavy (non-hydrogen) atoms. The standard InChI is InChI=1S/C15H23NO/c1-12(2)17-15-6-4-5-14(11-15)13-7-9-16(3)10-8-13/h4-6,11-13H,7-10H2,1-3H3. The molecule has 0 amide bonds. The molecule has 0 N–H and O–H groups in total. The van der Waals surface area contributed by atoms with E-state index in [1.807, 2.05) is 0 Å². The van der Waals surface area contributed by atoms with Crippen LogP contribution in [0.4, 0.5) is 0 Å². The van der Waals surface area contributed by atoms with Crippen molar-refractivity contribution in [1.29, 1.82) is 0 Å². The maximum atomic E-state index is 5.76. The van der Waals surface area contributed by atoms with Crippen LogP contribution in [0.3, 0.4) is 0 Å². The summed E-state index contributed by atoms with van der Waals surface area (Å²) < 4.78 is 5.76. The minimum absolute atomic E-state index is 0.253. The highest BCUT2D eigenvalue weighted by Crippen LogP contribution is 2.29. The SMILES string of the molecule is CC(C)Oc1cccc(C2CCN(C)CC2)c1. The Kier molecular flexibility index (Phi) is 4.06. The molecular formula is C15H23NO. The van der Waals surface area contributed by atoms with Gasteiger partial charge in [0.25, 0.3) is 0 Å². The first-order chi connectivity index (χ1) is 8.15. The van der Waals surface area contributed by atoms with Crippen LogP contribution < -0.4 is 4.74 Å². The minimum Gasteiger partial charge on any atom is -0.491 e. The largest absolute Gasteiger partial charge is 0.491 e. The molecule has 2 nitrogen and oxygen atoms in total. The highest BCUT2D eigenvalue weighted by atomic mass is 16.5. The molecule has 1 aromatic carbocycles. The van der Waals surface area contributed by atoms with Crippen molar-refractivity contribution < 1.29 is 4.74 Å². The lowest BCUT2D eigenvalue weighted by Gasteiger charge is -2.29. The van der Waals surface area contributed by atoms with E-state index in [0.717, 1.165) is 5.75 Å². The highest BCUT2D eigenvalue weighted by Gasteiger charge is 2.18. The Bertz CT molecular complexity index is 354. The van der Waals surface area contributed by atoms with Gasteiger partial charge in [0.05, 0.1) is 6.10 Å². The summed E-state index contributed by atoms with van der Waals surface area (Å²) in [6.45, 7) is 6.56. The van der Waals surface area contributed by atoms with Crippen LogP contribution in [0.25, 0.3) is 0 Å². The fourth-order valence-corrected chi connectivity index (χ4v) is 2.46. The molecule has 1 aliphatic heterocycles. The zero-order chi connectivity index (χ0) is 12.3. The maximum absolute atomic E-state index is 5.76. The maximum Gasteiger partial charge on any atom is 0.119 e. The fraction of sp³-hybridized carbons (Fsp3) is 0.600. The van der Waals surface area contributed by atoms with E-state index in [1.165, 1.54) is 31.5 Å². The van der Waals surface area contributed by atoms with Gasteiger partial charge in [-0.2, -0.15) is 0 Å². The Hall–Kier alpha value is -1.02. The van der Waals surface area contributed by atoms with Crippen molar-refractivity contribution in [2.45, 2.75) is 38.7 Å². The van der Waals surface area contributed by atoms with E-state index < -0.39 is 0 Å². The van der Waals surface area contributed by atoms with E-state index in [2.05, 4.69) is 50.1 Å². The van der Waals surface area contributed by atoms with Crippen LogP contribution in [-0.4, -0.2) is 31.1 Å². The van der Waals surface area contributed by atoms with Crippen LogP contribution in [0.5, 0.6) is 5.75 Å². The Labute approximate surface area is 105 Å². The summed E-state index contributed by atoms with van der Waals surface area (Å²) in [5, 5.41) is 0. The summed E-state index contributed by atoms with van der Waals surface area (Å²) in [4.78, 5) is 2.41. The van der Waals surface area contributed by atoms with Gasteiger partial charge in [-0.3, -0.25) is 0 Å². The van der Waals surface area contributed by atoms with Crippen molar-refractivity contribution >= 4 is 0 Å². The topological polar surface area (TPSA) is 12.5 Å². The first-order valence-corrected chi connectivity index (χ1v) is 6.60. The van der Waals surface area contributed by atoms with Gasteiger partial charge in [0.15, 0.2) is 0 Å². The number of hydrogen-bond donors (Lipinski definition) is 0. The lowest BCUT2D eigenvalue weighted by Crippen LogP contribution is -2.29. The summed E-state index contributed by atoms with van der Waals surface area (Å²) in [5.74, 6) is 1.72. The monoisotopic (exact) mass is 233 g/mol. The van der Waals surface area contributed by atoms with E-state index >= 15 is 0 Å². The molecule has 94 valence electrons. The van der Waals surface area contributed by atoms with Crippen LogP contribution in [0.2, 0.25) is 0 Å². The Morgan fingerprint density at radius 2 is 1.94 bits per heavy atom. The predicted octanol–water partition coefficient (Wildman–Crippen LogP) is 3.28. The number of likely N-dealkylation sites (tertiary alicyclic amines) is 1. The van der Waals surface area contributed by atoms with Gasteiger partial charge >= 0.3 is 0 Å². The third-order valence-corrected chi connectivity index (χ3v) is 3.42.